The van der Waals surface area contributed by atoms with Gasteiger partial charge in [0.2, 0.25) is 0 Å². The van der Waals surface area contributed by atoms with Crippen LogP contribution in [0.25, 0.3) is 0 Å². The van der Waals surface area contributed by atoms with Gasteiger partial charge in [0.25, 0.3) is 5.69 Å². The lowest BCUT2D eigenvalue weighted by Gasteiger charge is -2.32. The third-order valence-corrected chi connectivity index (χ3v) is 4.30. The first-order valence-corrected chi connectivity index (χ1v) is 7.53. The second-order valence-corrected chi connectivity index (χ2v) is 6.40. The van der Waals surface area contributed by atoms with Crippen LogP contribution in [0.5, 0.6) is 0 Å². The second kappa shape index (κ2) is 6.75. The van der Waals surface area contributed by atoms with Gasteiger partial charge in [-0.3, -0.25) is 10.1 Å². The van der Waals surface area contributed by atoms with Crippen LogP contribution in [-0.4, -0.2) is 37.0 Å². The molecule has 0 bridgehead atoms. The summed E-state index contributed by atoms with van der Waals surface area (Å²) in [5.41, 5.74) is 1.18. The van der Waals surface area contributed by atoms with Gasteiger partial charge < -0.3 is 10.2 Å². The van der Waals surface area contributed by atoms with E-state index in [1.165, 1.54) is 37.8 Å². The molecular formula is C16H22N4O2. The van der Waals surface area contributed by atoms with Gasteiger partial charge in [-0.15, -0.1) is 0 Å². The number of anilines is 1. The highest BCUT2D eigenvalue weighted by molar-refractivity contribution is 5.61. The van der Waals surface area contributed by atoms with E-state index in [-0.39, 0.29) is 11.1 Å². The van der Waals surface area contributed by atoms with Crippen molar-refractivity contribution >= 4 is 11.4 Å². The van der Waals surface area contributed by atoms with Crippen molar-refractivity contribution in [3.8, 4) is 6.07 Å². The normalized spacial score (nSPS) is 16.5. The number of benzene rings is 1. The Labute approximate surface area is 130 Å². The van der Waals surface area contributed by atoms with Gasteiger partial charge >= 0.3 is 0 Å². The quantitative estimate of drug-likeness (QED) is 0.645. The zero-order valence-electron chi connectivity index (χ0n) is 13.1. The number of nitrogens with zero attached hydrogens (tertiary/aromatic N) is 3. The van der Waals surface area contributed by atoms with Crippen molar-refractivity contribution in [2.45, 2.75) is 25.7 Å². The Balaban J connectivity index is 2.13. The molecule has 1 aliphatic carbocycles. The van der Waals surface area contributed by atoms with Crippen LogP contribution in [0.2, 0.25) is 0 Å². The molecule has 22 heavy (non-hydrogen) atoms. The SMILES string of the molecule is CN(C)CC1(CNc2ccc([N+](=O)[O-])cc2C#N)CCCC1. The monoisotopic (exact) mass is 302 g/mol. The van der Waals surface area contributed by atoms with Crippen molar-refractivity contribution in [3.05, 3.63) is 33.9 Å². The number of nitro benzene ring substituents is 1. The predicted molar refractivity (Wildman–Crippen MR) is 85.8 cm³/mol. The smallest absolute Gasteiger partial charge is 0.270 e. The summed E-state index contributed by atoms with van der Waals surface area (Å²) in [7, 11) is 4.15. The zero-order chi connectivity index (χ0) is 16.2. The average Bonchev–Trinajstić information content (AvgIpc) is 2.92. The van der Waals surface area contributed by atoms with Gasteiger partial charge in [-0.1, -0.05) is 12.8 Å². The second-order valence-electron chi connectivity index (χ2n) is 6.40. The Morgan fingerprint density at radius 2 is 2.09 bits per heavy atom. The van der Waals surface area contributed by atoms with Crippen LogP contribution < -0.4 is 5.32 Å². The van der Waals surface area contributed by atoms with E-state index in [0.717, 1.165) is 13.1 Å². The molecule has 1 aliphatic rings. The fourth-order valence-electron chi connectivity index (χ4n) is 3.36. The Morgan fingerprint density at radius 1 is 1.41 bits per heavy atom. The predicted octanol–water partition coefficient (Wildman–Crippen LogP) is 3.00. The largest absolute Gasteiger partial charge is 0.383 e. The third kappa shape index (κ3) is 3.74. The molecule has 0 atom stereocenters. The lowest BCUT2D eigenvalue weighted by molar-refractivity contribution is -0.384. The maximum Gasteiger partial charge on any atom is 0.270 e. The van der Waals surface area contributed by atoms with E-state index < -0.39 is 4.92 Å². The topological polar surface area (TPSA) is 82.2 Å². The molecular weight excluding hydrogens is 280 g/mol. The van der Waals surface area contributed by atoms with Gasteiger partial charge in [0.15, 0.2) is 0 Å². The maximum atomic E-state index is 10.8. The Morgan fingerprint density at radius 3 is 2.64 bits per heavy atom. The Hall–Kier alpha value is -2.13. The van der Waals surface area contributed by atoms with E-state index in [0.29, 0.717) is 11.3 Å². The molecule has 1 fully saturated rings. The first-order chi connectivity index (χ1) is 10.5. The number of nitrogens with one attached hydrogen (secondary N) is 1. The van der Waals surface area contributed by atoms with Gasteiger partial charge in [-0.25, -0.2) is 0 Å². The fraction of sp³-hybridized carbons (Fsp3) is 0.562. The molecule has 1 aromatic rings. The summed E-state index contributed by atoms with van der Waals surface area (Å²) in [6, 6.07) is 6.45. The van der Waals surface area contributed by atoms with Crippen LogP contribution in [0, 0.1) is 26.9 Å². The van der Waals surface area contributed by atoms with Crippen LogP contribution in [0.3, 0.4) is 0 Å². The summed E-state index contributed by atoms with van der Waals surface area (Å²) in [4.78, 5) is 12.5. The van der Waals surface area contributed by atoms with Crippen molar-refractivity contribution in [3.63, 3.8) is 0 Å². The van der Waals surface area contributed by atoms with Gasteiger partial charge in [-0.2, -0.15) is 5.26 Å². The lowest BCUT2D eigenvalue weighted by Crippen LogP contribution is -2.37. The summed E-state index contributed by atoms with van der Waals surface area (Å²) in [5.74, 6) is 0. The van der Waals surface area contributed by atoms with Crippen LogP contribution >= 0.6 is 0 Å². The molecule has 1 saturated carbocycles. The summed E-state index contributed by atoms with van der Waals surface area (Å²) in [6.07, 6.45) is 4.82. The number of rotatable bonds is 6. The standard InChI is InChI=1S/C16H22N4O2/c1-19(2)12-16(7-3-4-8-16)11-18-15-6-5-14(20(21)22)9-13(15)10-17/h5-6,9,18H,3-4,7-8,11-12H2,1-2H3. The van der Waals surface area contributed by atoms with E-state index in [2.05, 4.69) is 24.3 Å². The molecule has 0 aromatic heterocycles. The Kier molecular flexibility index (Phi) is 4.99. The van der Waals surface area contributed by atoms with Crippen LogP contribution in [0.4, 0.5) is 11.4 Å². The number of non-ortho nitro benzene ring substituents is 1. The number of nitriles is 1. The van der Waals surface area contributed by atoms with Crippen LogP contribution in [0.15, 0.2) is 18.2 Å². The van der Waals surface area contributed by atoms with Gasteiger partial charge in [0.05, 0.1) is 16.2 Å². The van der Waals surface area contributed by atoms with E-state index in [4.69, 9.17) is 0 Å². The highest BCUT2D eigenvalue weighted by Gasteiger charge is 2.34. The van der Waals surface area contributed by atoms with Gasteiger partial charge in [0.1, 0.15) is 6.07 Å². The van der Waals surface area contributed by atoms with Crippen LogP contribution in [0.1, 0.15) is 31.2 Å². The van der Waals surface area contributed by atoms with Crippen LogP contribution in [-0.2, 0) is 0 Å². The molecule has 0 radical (unpaired) electrons. The first-order valence-electron chi connectivity index (χ1n) is 7.53. The number of hydrogen-bond donors (Lipinski definition) is 1. The van der Waals surface area contributed by atoms with Gasteiger partial charge in [0, 0.05) is 30.6 Å². The van der Waals surface area contributed by atoms with Crippen molar-refractivity contribution < 1.29 is 4.92 Å². The van der Waals surface area contributed by atoms with E-state index in [9.17, 15) is 15.4 Å². The minimum atomic E-state index is -0.477. The van der Waals surface area contributed by atoms with Gasteiger partial charge in [-0.05, 0) is 33.0 Å². The number of nitro groups is 1. The maximum absolute atomic E-state index is 10.8. The molecule has 1 aromatic carbocycles. The minimum absolute atomic E-state index is 0.0500. The molecule has 0 amide bonds. The highest BCUT2D eigenvalue weighted by Crippen LogP contribution is 2.39. The van der Waals surface area contributed by atoms with Crippen molar-refractivity contribution in [2.24, 2.45) is 5.41 Å². The molecule has 0 heterocycles. The molecule has 6 heteroatoms. The molecule has 118 valence electrons. The van der Waals surface area contributed by atoms with Crippen molar-refractivity contribution in [2.75, 3.05) is 32.5 Å². The molecule has 1 N–H and O–H groups in total. The average molecular weight is 302 g/mol. The third-order valence-electron chi connectivity index (χ3n) is 4.30. The summed E-state index contributed by atoms with van der Waals surface area (Å²) >= 11 is 0. The molecule has 0 aliphatic heterocycles. The minimum Gasteiger partial charge on any atom is -0.383 e. The molecule has 0 unspecified atom stereocenters. The first kappa shape index (κ1) is 16.2. The summed E-state index contributed by atoms with van der Waals surface area (Å²) in [6.45, 7) is 1.80. The number of hydrogen-bond acceptors (Lipinski definition) is 5. The molecule has 6 nitrogen and oxygen atoms in total. The van der Waals surface area contributed by atoms with E-state index in [1.54, 1.807) is 6.07 Å². The summed E-state index contributed by atoms with van der Waals surface area (Å²) in [5, 5.41) is 23.3. The summed E-state index contributed by atoms with van der Waals surface area (Å²) < 4.78 is 0. The van der Waals surface area contributed by atoms with Crippen molar-refractivity contribution in [1.29, 1.82) is 5.26 Å². The van der Waals surface area contributed by atoms with E-state index >= 15 is 0 Å². The zero-order valence-corrected chi connectivity index (χ0v) is 13.1. The molecule has 2 rings (SSSR count). The lowest BCUT2D eigenvalue weighted by atomic mass is 9.85. The Bertz CT molecular complexity index is 586. The fourth-order valence-corrected chi connectivity index (χ4v) is 3.36. The van der Waals surface area contributed by atoms with E-state index in [1.807, 2.05) is 6.07 Å². The highest BCUT2D eigenvalue weighted by atomic mass is 16.6. The molecule has 0 spiro atoms. The van der Waals surface area contributed by atoms with Crippen molar-refractivity contribution in [1.82, 2.24) is 4.90 Å². The molecule has 0 saturated heterocycles.